The molecule has 1 aliphatic rings. The number of nitrogen functional groups attached to an aromatic ring is 1. The lowest BCUT2D eigenvalue weighted by Gasteiger charge is -2.15. The quantitative estimate of drug-likeness (QED) is 0.656. The van der Waals surface area contributed by atoms with Crippen molar-refractivity contribution < 1.29 is 5.11 Å². The molecule has 0 amide bonds. The van der Waals surface area contributed by atoms with Gasteiger partial charge in [0.2, 0.25) is 0 Å². The van der Waals surface area contributed by atoms with Gasteiger partial charge in [-0.05, 0) is 18.6 Å². The number of aliphatic hydroxyl groups excluding tert-OH is 1. The summed E-state index contributed by atoms with van der Waals surface area (Å²) in [6.07, 6.45) is -0.269. The van der Waals surface area contributed by atoms with Gasteiger partial charge in [0, 0.05) is 28.9 Å². The first kappa shape index (κ1) is 10.8. The Morgan fingerprint density at radius 3 is 2.93 bits per heavy atom. The van der Waals surface area contributed by atoms with E-state index in [-0.39, 0.29) is 11.4 Å². The molecule has 4 N–H and O–H groups in total. The maximum Gasteiger partial charge on any atom is 0.0798 e. The molecule has 1 aromatic carbocycles. The number of thioether (sulfide) groups is 1. The number of aliphatic hydroxyl groups is 1. The molecule has 0 aromatic heterocycles. The van der Waals surface area contributed by atoms with Crippen LogP contribution in [0.2, 0.25) is 0 Å². The molecule has 1 fully saturated rings. The lowest BCUT2D eigenvalue weighted by atomic mass is 10.2. The SMILES string of the molecule is Cc1cccc(SC2CNCC2O)c1N. The second kappa shape index (κ2) is 4.43. The average molecular weight is 224 g/mol. The van der Waals surface area contributed by atoms with Crippen molar-refractivity contribution in [2.24, 2.45) is 0 Å². The van der Waals surface area contributed by atoms with Crippen LogP contribution in [-0.2, 0) is 0 Å². The van der Waals surface area contributed by atoms with Crippen molar-refractivity contribution in [3.05, 3.63) is 23.8 Å². The molecule has 1 aliphatic heterocycles. The number of rotatable bonds is 2. The number of benzene rings is 1. The van der Waals surface area contributed by atoms with Crippen LogP contribution in [0.3, 0.4) is 0 Å². The van der Waals surface area contributed by atoms with Crippen LogP contribution in [0.1, 0.15) is 5.56 Å². The molecule has 2 rings (SSSR count). The minimum atomic E-state index is -0.269. The summed E-state index contributed by atoms with van der Waals surface area (Å²) in [7, 11) is 0. The van der Waals surface area contributed by atoms with E-state index < -0.39 is 0 Å². The highest BCUT2D eigenvalue weighted by Crippen LogP contribution is 2.32. The zero-order valence-corrected chi connectivity index (χ0v) is 9.55. The number of hydrogen-bond acceptors (Lipinski definition) is 4. The smallest absolute Gasteiger partial charge is 0.0798 e. The molecular weight excluding hydrogens is 208 g/mol. The molecule has 0 bridgehead atoms. The molecule has 82 valence electrons. The van der Waals surface area contributed by atoms with Gasteiger partial charge in [-0.3, -0.25) is 0 Å². The maximum atomic E-state index is 9.69. The number of hydrogen-bond donors (Lipinski definition) is 3. The van der Waals surface area contributed by atoms with Gasteiger partial charge in [0.05, 0.1) is 6.10 Å². The molecule has 1 aromatic rings. The summed E-state index contributed by atoms with van der Waals surface area (Å²) in [5.74, 6) is 0. The molecule has 0 radical (unpaired) electrons. The van der Waals surface area contributed by atoms with E-state index in [1.807, 2.05) is 25.1 Å². The van der Waals surface area contributed by atoms with Crippen LogP contribution in [0.5, 0.6) is 0 Å². The van der Waals surface area contributed by atoms with E-state index in [4.69, 9.17) is 5.73 Å². The van der Waals surface area contributed by atoms with Crippen LogP contribution < -0.4 is 11.1 Å². The summed E-state index contributed by atoms with van der Waals surface area (Å²) in [5, 5.41) is 13.1. The summed E-state index contributed by atoms with van der Waals surface area (Å²) in [6, 6.07) is 6.02. The average Bonchev–Trinajstić information content (AvgIpc) is 2.60. The Hall–Kier alpha value is -0.710. The molecule has 1 saturated heterocycles. The van der Waals surface area contributed by atoms with E-state index in [1.54, 1.807) is 11.8 Å². The highest BCUT2D eigenvalue weighted by atomic mass is 32.2. The first-order valence-corrected chi connectivity index (χ1v) is 5.97. The van der Waals surface area contributed by atoms with Crippen LogP contribution in [0.25, 0.3) is 0 Å². The number of nitrogens with one attached hydrogen (secondary N) is 1. The van der Waals surface area contributed by atoms with Gasteiger partial charge in [-0.15, -0.1) is 11.8 Å². The number of aryl methyl sites for hydroxylation is 1. The van der Waals surface area contributed by atoms with Crippen molar-refractivity contribution in [3.8, 4) is 0 Å². The van der Waals surface area contributed by atoms with E-state index >= 15 is 0 Å². The first-order chi connectivity index (χ1) is 7.18. The van der Waals surface area contributed by atoms with E-state index in [2.05, 4.69) is 5.32 Å². The summed E-state index contributed by atoms with van der Waals surface area (Å²) >= 11 is 1.66. The molecule has 0 saturated carbocycles. The van der Waals surface area contributed by atoms with Crippen LogP contribution >= 0.6 is 11.8 Å². The van der Waals surface area contributed by atoms with E-state index in [0.717, 1.165) is 22.7 Å². The Labute approximate surface area is 94.1 Å². The minimum absolute atomic E-state index is 0.217. The van der Waals surface area contributed by atoms with Crippen LogP contribution in [-0.4, -0.2) is 29.5 Å². The normalized spacial score (nSPS) is 25.7. The Balaban J connectivity index is 2.13. The molecule has 15 heavy (non-hydrogen) atoms. The van der Waals surface area contributed by atoms with Crippen LogP contribution in [0.15, 0.2) is 23.1 Å². The Kier molecular flexibility index (Phi) is 3.19. The first-order valence-electron chi connectivity index (χ1n) is 5.09. The standard InChI is InChI=1S/C11H16N2OS/c1-7-3-2-4-9(11(7)12)15-10-6-13-5-8(10)14/h2-4,8,10,13-14H,5-6,12H2,1H3. The van der Waals surface area contributed by atoms with Crippen molar-refractivity contribution in [2.75, 3.05) is 18.8 Å². The van der Waals surface area contributed by atoms with Gasteiger partial charge in [0.1, 0.15) is 0 Å². The summed E-state index contributed by atoms with van der Waals surface area (Å²) in [5.41, 5.74) is 7.92. The largest absolute Gasteiger partial charge is 0.398 e. The predicted molar refractivity (Wildman–Crippen MR) is 64.1 cm³/mol. The van der Waals surface area contributed by atoms with Crippen molar-refractivity contribution in [2.45, 2.75) is 23.2 Å². The minimum Gasteiger partial charge on any atom is -0.398 e. The zero-order chi connectivity index (χ0) is 10.8. The summed E-state index contributed by atoms with van der Waals surface area (Å²) in [4.78, 5) is 1.07. The van der Waals surface area contributed by atoms with Gasteiger partial charge in [-0.2, -0.15) is 0 Å². The molecular formula is C11H16N2OS. The van der Waals surface area contributed by atoms with E-state index in [0.29, 0.717) is 6.54 Å². The Bertz CT molecular complexity index is 356. The molecule has 0 spiro atoms. The van der Waals surface area contributed by atoms with Gasteiger partial charge in [-0.25, -0.2) is 0 Å². The Morgan fingerprint density at radius 2 is 2.27 bits per heavy atom. The molecule has 0 aliphatic carbocycles. The number of nitrogens with two attached hydrogens (primary N) is 1. The van der Waals surface area contributed by atoms with Gasteiger partial charge < -0.3 is 16.2 Å². The Morgan fingerprint density at radius 1 is 1.47 bits per heavy atom. The van der Waals surface area contributed by atoms with Crippen molar-refractivity contribution >= 4 is 17.4 Å². The highest BCUT2D eigenvalue weighted by molar-refractivity contribution is 8.00. The van der Waals surface area contributed by atoms with Crippen LogP contribution in [0, 0.1) is 6.92 Å². The van der Waals surface area contributed by atoms with E-state index in [9.17, 15) is 5.11 Å². The van der Waals surface area contributed by atoms with Gasteiger partial charge in [-0.1, -0.05) is 12.1 Å². The number of anilines is 1. The van der Waals surface area contributed by atoms with Crippen molar-refractivity contribution in [1.29, 1.82) is 0 Å². The zero-order valence-electron chi connectivity index (χ0n) is 8.73. The third-order valence-corrected chi connectivity index (χ3v) is 4.08. The monoisotopic (exact) mass is 224 g/mol. The van der Waals surface area contributed by atoms with Crippen LogP contribution in [0.4, 0.5) is 5.69 Å². The predicted octanol–water partition coefficient (Wildman–Crippen LogP) is 1.00. The topological polar surface area (TPSA) is 58.3 Å². The highest BCUT2D eigenvalue weighted by Gasteiger charge is 2.26. The van der Waals surface area contributed by atoms with Gasteiger partial charge in [0.15, 0.2) is 0 Å². The van der Waals surface area contributed by atoms with Crippen molar-refractivity contribution in [1.82, 2.24) is 5.32 Å². The second-order valence-electron chi connectivity index (χ2n) is 3.87. The molecule has 3 nitrogen and oxygen atoms in total. The molecule has 4 heteroatoms. The molecule has 1 heterocycles. The number of para-hydroxylation sites is 1. The third kappa shape index (κ3) is 2.27. The number of β-amino-alcohol motifs (C(OH)–C–C–N with tert-alkyl or cyclic N) is 1. The fourth-order valence-corrected chi connectivity index (χ4v) is 2.91. The fraction of sp³-hybridized carbons (Fsp3) is 0.455. The molecule has 2 atom stereocenters. The maximum absolute atomic E-state index is 9.69. The lowest BCUT2D eigenvalue weighted by molar-refractivity contribution is 0.201. The third-order valence-electron chi connectivity index (χ3n) is 2.69. The molecule has 2 unspecified atom stereocenters. The summed E-state index contributed by atoms with van der Waals surface area (Å²) in [6.45, 7) is 3.53. The van der Waals surface area contributed by atoms with Gasteiger partial charge >= 0.3 is 0 Å². The summed E-state index contributed by atoms with van der Waals surface area (Å²) < 4.78 is 0. The van der Waals surface area contributed by atoms with Crippen molar-refractivity contribution in [3.63, 3.8) is 0 Å². The fourth-order valence-electron chi connectivity index (χ4n) is 1.68. The van der Waals surface area contributed by atoms with Gasteiger partial charge in [0.25, 0.3) is 0 Å². The van der Waals surface area contributed by atoms with E-state index in [1.165, 1.54) is 0 Å². The second-order valence-corrected chi connectivity index (χ2v) is 5.15. The lowest BCUT2D eigenvalue weighted by Crippen LogP contribution is -2.20.